The molecule has 3 N–H and O–H groups in total. The van der Waals surface area contributed by atoms with E-state index in [4.69, 9.17) is 22.7 Å². The molecule has 4 rings (SSSR count). The summed E-state index contributed by atoms with van der Waals surface area (Å²) in [4.78, 5) is 29.9. The van der Waals surface area contributed by atoms with E-state index in [9.17, 15) is 9.59 Å². The van der Waals surface area contributed by atoms with E-state index in [2.05, 4.69) is 5.32 Å². The Hall–Kier alpha value is -3.13. The highest BCUT2D eigenvalue weighted by molar-refractivity contribution is 7.80. The van der Waals surface area contributed by atoms with Gasteiger partial charge in [0.1, 0.15) is 5.75 Å². The molecular formula is C25H30N4O3S. The number of nitrogens with zero attached hydrogens (tertiary/aromatic N) is 2. The fraction of sp³-hybridized carbons (Fsp3) is 0.400. The molecule has 0 unspecified atom stereocenters. The van der Waals surface area contributed by atoms with Crippen LogP contribution in [0, 0.1) is 5.41 Å². The number of carbonyl (C=O) groups excluding carboxylic acids is 2. The van der Waals surface area contributed by atoms with Crippen molar-refractivity contribution in [2.75, 3.05) is 38.1 Å². The molecule has 0 aromatic heterocycles. The van der Waals surface area contributed by atoms with Gasteiger partial charge in [0.2, 0.25) is 0 Å². The molecule has 0 radical (unpaired) electrons. The summed E-state index contributed by atoms with van der Waals surface area (Å²) in [6.45, 7) is 5.42. The van der Waals surface area contributed by atoms with Crippen LogP contribution >= 0.6 is 12.2 Å². The van der Waals surface area contributed by atoms with Crippen LogP contribution in [0.2, 0.25) is 0 Å². The summed E-state index contributed by atoms with van der Waals surface area (Å²) in [6, 6.07) is 14.6. The molecule has 0 bridgehead atoms. The lowest BCUT2D eigenvalue weighted by Crippen LogP contribution is -2.44. The average molecular weight is 467 g/mol. The van der Waals surface area contributed by atoms with Gasteiger partial charge < -0.3 is 25.6 Å². The van der Waals surface area contributed by atoms with E-state index in [1.165, 1.54) is 0 Å². The van der Waals surface area contributed by atoms with Crippen molar-refractivity contribution in [3.05, 3.63) is 59.7 Å². The fourth-order valence-electron chi connectivity index (χ4n) is 4.80. The van der Waals surface area contributed by atoms with Crippen molar-refractivity contribution < 1.29 is 14.3 Å². The van der Waals surface area contributed by atoms with E-state index in [0.717, 1.165) is 38.1 Å². The first-order chi connectivity index (χ1) is 15.9. The number of ether oxygens (including phenoxy) is 1. The topological polar surface area (TPSA) is 87.9 Å². The lowest BCUT2D eigenvalue weighted by Gasteiger charge is -2.39. The summed E-state index contributed by atoms with van der Waals surface area (Å²) in [5.41, 5.74) is 7.65. The van der Waals surface area contributed by atoms with Gasteiger partial charge in [0.15, 0.2) is 5.11 Å². The Morgan fingerprint density at radius 2 is 1.64 bits per heavy atom. The number of rotatable bonds is 5. The van der Waals surface area contributed by atoms with Crippen molar-refractivity contribution in [3.8, 4) is 5.75 Å². The van der Waals surface area contributed by atoms with Gasteiger partial charge >= 0.3 is 0 Å². The molecule has 1 spiro atoms. The minimum Gasteiger partial charge on any atom is -0.494 e. The van der Waals surface area contributed by atoms with Crippen molar-refractivity contribution in [2.45, 2.75) is 26.2 Å². The van der Waals surface area contributed by atoms with Crippen molar-refractivity contribution in [1.82, 2.24) is 9.80 Å². The Bertz CT molecular complexity index is 1030. The molecule has 174 valence electrons. The second kappa shape index (κ2) is 9.79. The molecule has 33 heavy (non-hydrogen) atoms. The molecular weight excluding hydrogens is 436 g/mol. The van der Waals surface area contributed by atoms with Crippen LogP contribution in [0.15, 0.2) is 48.5 Å². The predicted molar refractivity (Wildman–Crippen MR) is 133 cm³/mol. The zero-order chi connectivity index (χ0) is 23.4. The largest absolute Gasteiger partial charge is 0.494 e. The maximum absolute atomic E-state index is 13.1. The molecule has 2 aliphatic rings. The van der Waals surface area contributed by atoms with Gasteiger partial charge in [0.05, 0.1) is 6.61 Å². The highest BCUT2D eigenvalue weighted by atomic mass is 32.1. The van der Waals surface area contributed by atoms with Crippen LogP contribution in [-0.2, 0) is 0 Å². The standard InChI is InChI=1S/C25H30N4O3S/c1-2-32-21-8-6-18(7-9-21)22(30)28-13-10-25(11-14-28)12-15-29(17-25)23(31)19-4-3-5-20(16-19)27-24(26)33/h3-9,16H,2,10-15,17H2,1H3,(H3,26,27,33). The number of hydrogen-bond donors (Lipinski definition) is 2. The minimum absolute atomic E-state index is 0.0198. The number of piperidine rings is 1. The molecule has 2 aromatic carbocycles. The van der Waals surface area contributed by atoms with Gasteiger partial charge in [0.25, 0.3) is 11.8 Å². The number of hydrogen-bond acceptors (Lipinski definition) is 4. The number of carbonyl (C=O) groups is 2. The van der Waals surface area contributed by atoms with Gasteiger partial charge in [-0.15, -0.1) is 0 Å². The maximum atomic E-state index is 13.1. The fourth-order valence-corrected chi connectivity index (χ4v) is 4.92. The van der Waals surface area contributed by atoms with Gasteiger partial charge in [-0.2, -0.15) is 0 Å². The number of amides is 2. The quantitative estimate of drug-likeness (QED) is 0.656. The number of anilines is 1. The van der Waals surface area contributed by atoms with Crippen LogP contribution in [0.5, 0.6) is 5.75 Å². The van der Waals surface area contributed by atoms with Gasteiger partial charge in [0, 0.05) is 43.0 Å². The van der Waals surface area contributed by atoms with E-state index in [-0.39, 0.29) is 22.3 Å². The summed E-state index contributed by atoms with van der Waals surface area (Å²) in [6.07, 6.45) is 2.78. The highest BCUT2D eigenvalue weighted by Gasteiger charge is 2.43. The Morgan fingerprint density at radius 3 is 2.27 bits per heavy atom. The first kappa shape index (κ1) is 23.0. The smallest absolute Gasteiger partial charge is 0.253 e. The third kappa shape index (κ3) is 5.27. The van der Waals surface area contributed by atoms with E-state index in [0.29, 0.717) is 36.5 Å². The van der Waals surface area contributed by atoms with Crippen LogP contribution < -0.4 is 15.8 Å². The normalized spacial score (nSPS) is 17.1. The molecule has 2 aromatic rings. The predicted octanol–water partition coefficient (Wildman–Crippen LogP) is 3.51. The number of benzene rings is 2. The molecule has 2 amide bonds. The third-order valence-electron chi connectivity index (χ3n) is 6.63. The highest BCUT2D eigenvalue weighted by Crippen LogP contribution is 2.41. The molecule has 2 fully saturated rings. The summed E-state index contributed by atoms with van der Waals surface area (Å²) in [7, 11) is 0. The number of likely N-dealkylation sites (tertiary alicyclic amines) is 2. The zero-order valence-electron chi connectivity index (χ0n) is 18.9. The van der Waals surface area contributed by atoms with E-state index in [1.54, 1.807) is 6.07 Å². The maximum Gasteiger partial charge on any atom is 0.253 e. The summed E-state index contributed by atoms with van der Waals surface area (Å²) in [5, 5.41) is 3.05. The van der Waals surface area contributed by atoms with Crippen molar-refractivity contribution >= 4 is 34.8 Å². The molecule has 0 saturated carbocycles. The van der Waals surface area contributed by atoms with Gasteiger partial charge in [-0.05, 0) is 86.3 Å². The Labute approximate surface area is 199 Å². The average Bonchev–Trinajstić information content (AvgIpc) is 3.22. The zero-order valence-corrected chi connectivity index (χ0v) is 19.7. The van der Waals surface area contributed by atoms with E-state index >= 15 is 0 Å². The second-order valence-electron chi connectivity index (χ2n) is 8.80. The molecule has 0 atom stereocenters. The van der Waals surface area contributed by atoms with Crippen LogP contribution in [0.25, 0.3) is 0 Å². The Morgan fingerprint density at radius 1 is 1.00 bits per heavy atom. The monoisotopic (exact) mass is 466 g/mol. The van der Waals surface area contributed by atoms with E-state index < -0.39 is 0 Å². The van der Waals surface area contributed by atoms with E-state index in [1.807, 2.05) is 59.2 Å². The van der Waals surface area contributed by atoms with Crippen LogP contribution in [0.4, 0.5) is 5.69 Å². The van der Waals surface area contributed by atoms with Gasteiger partial charge in [-0.25, -0.2) is 0 Å². The molecule has 2 saturated heterocycles. The van der Waals surface area contributed by atoms with Crippen molar-refractivity contribution in [1.29, 1.82) is 0 Å². The van der Waals surface area contributed by atoms with Crippen LogP contribution in [0.1, 0.15) is 46.9 Å². The summed E-state index contributed by atoms with van der Waals surface area (Å²) in [5.74, 6) is 0.849. The molecule has 2 heterocycles. The molecule has 8 heteroatoms. The molecule has 7 nitrogen and oxygen atoms in total. The second-order valence-corrected chi connectivity index (χ2v) is 9.24. The third-order valence-corrected chi connectivity index (χ3v) is 6.73. The first-order valence-corrected chi connectivity index (χ1v) is 11.8. The molecule has 2 aliphatic heterocycles. The lowest BCUT2D eigenvalue weighted by molar-refractivity contribution is 0.0565. The van der Waals surface area contributed by atoms with Crippen molar-refractivity contribution in [3.63, 3.8) is 0 Å². The Kier molecular flexibility index (Phi) is 6.83. The van der Waals surface area contributed by atoms with Crippen LogP contribution in [-0.4, -0.2) is 59.5 Å². The lowest BCUT2D eigenvalue weighted by atomic mass is 9.77. The number of thiocarbonyl (C=S) groups is 1. The summed E-state index contributed by atoms with van der Waals surface area (Å²) >= 11 is 4.89. The van der Waals surface area contributed by atoms with Gasteiger partial charge in [-0.1, -0.05) is 6.07 Å². The minimum atomic E-state index is 0.0198. The molecule has 0 aliphatic carbocycles. The number of nitrogens with one attached hydrogen (secondary N) is 1. The Balaban J connectivity index is 1.34. The first-order valence-electron chi connectivity index (χ1n) is 11.4. The SMILES string of the molecule is CCOc1ccc(C(=O)N2CCC3(CC2)CCN(C(=O)c2cccc(NC(N)=S)c2)C3)cc1. The van der Waals surface area contributed by atoms with Crippen molar-refractivity contribution in [2.24, 2.45) is 11.1 Å². The summed E-state index contributed by atoms with van der Waals surface area (Å²) < 4.78 is 5.46. The number of nitrogens with two attached hydrogens (primary N) is 1. The van der Waals surface area contributed by atoms with Crippen LogP contribution in [0.3, 0.4) is 0 Å². The van der Waals surface area contributed by atoms with Gasteiger partial charge in [-0.3, -0.25) is 9.59 Å².